The SMILES string of the molecule is CC1CN(S(=O)(=O)c2ccc(C(=O)Nc3nc(C(=O)c4ccccc4)cs3)cc2)CC(C)O1. The van der Waals surface area contributed by atoms with Gasteiger partial charge in [-0.3, -0.25) is 14.9 Å². The van der Waals surface area contributed by atoms with Crippen LogP contribution in [0.2, 0.25) is 0 Å². The Labute approximate surface area is 196 Å². The molecular weight excluding hydrogens is 462 g/mol. The number of amides is 1. The van der Waals surface area contributed by atoms with Gasteiger partial charge in [0.05, 0.1) is 17.1 Å². The molecule has 3 aromatic rings. The summed E-state index contributed by atoms with van der Waals surface area (Å²) in [7, 11) is -3.69. The van der Waals surface area contributed by atoms with Gasteiger partial charge in [0, 0.05) is 29.6 Å². The highest BCUT2D eigenvalue weighted by atomic mass is 32.2. The van der Waals surface area contributed by atoms with Crippen LogP contribution in [0.25, 0.3) is 0 Å². The lowest BCUT2D eigenvalue weighted by Gasteiger charge is -2.34. The van der Waals surface area contributed by atoms with E-state index in [4.69, 9.17) is 4.74 Å². The Morgan fingerprint density at radius 3 is 2.27 bits per heavy atom. The van der Waals surface area contributed by atoms with Gasteiger partial charge in [0.2, 0.25) is 15.8 Å². The van der Waals surface area contributed by atoms with Gasteiger partial charge in [-0.15, -0.1) is 11.3 Å². The molecule has 10 heteroatoms. The third-order valence-electron chi connectivity index (χ3n) is 5.13. The molecule has 1 aliphatic rings. The summed E-state index contributed by atoms with van der Waals surface area (Å²) in [6.07, 6.45) is -0.379. The van der Waals surface area contributed by atoms with E-state index in [0.717, 1.165) is 11.3 Å². The van der Waals surface area contributed by atoms with Gasteiger partial charge in [0.25, 0.3) is 5.91 Å². The number of morpholine rings is 1. The first-order valence-electron chi connectivity index (χ1n) is 10.4. The Kier molecular flexibility index (Phi) is 6.71. The van der Waals surface area contributed by atoms with Crippen molar-refractivity contribution in [3.05, 3.63) is 76.8 Å². The number of thiazole rings is 1. The third-order valence-corrected chi connectivity index (χ3v) is 7.74. The quantitative estimate of drug-likeness (QED) is 0.537. The van der Waals surface area contributed by atoms with Crippen LogP contribution in [0, 0.1) is 0 Å². The van der Waals surface area contributed by atoms with Crippen molar-refractivity contribution >= 4 is 38.2 Å². The molecule has 4 rings (SSSR count). The van der Waals surface area contributed by atoms with E-state index in [9.17, 15) is 18.0 Å². The molecule has 2 atom stereocenters. The van der Waals surface area contributed by atoms with Crippen LogP contribution in [-0.4, -0.2) is 54.7 Å². The van der Waals surface area contributed by atoms with Crippen LogP contribution in [0.15, 0.2) is 64.9 Å². The zero-order valence-electron chi connectivity index (χ0n) is 18.1. The van der Waals surface area contributed by atoms with Crippen LogP contribution in [0.4, 0.5) is 5.13 Å². The van der Waals surface area contributed by atoms with E-state index in [0.29, 0.717) is 5.56 Å². The average molecular weight is 486 g/mol. The van der Waals surface area contributed by atoms with E-state index in [-0.39, 0.29) is 52.4 Å². The van der Waals surface area contributed by atoms with Gasteiger partial charge in [-0.05, 0) is 38.1 Å². The molecular formula is C23H23N3O5S2. The third kappa shape index (κ3) is 5.19. The van der Waals surface area contributed by atoms with Crippen LogP contribution in [-0.2, 0) is 14.8 Å². The minimum Gasteiger partial charge on any atom is -0.373 e. The van der Waals surface area contributed by atoms with Crippen molar-refractivity contribution in [1.29, 1.82) is 0 Å². The summed E-state index contributed by atoms with van der Waals surface area (Å²) in [4.78, 5) is 29.4. The summed E-state index contributed by atoms with van der Waals surface area (Å²) in [6.45, 7) is 4.23. The predicted octanol–water partition coefficient (Wildman–Crippen LogP) is 3.42. The van der Waals surface area contributed by atoms with E-state index in [1.807, 2.05) is 19.9 Å². The Morgan fingerprint density at radius 1 is 1.00 bits per heavy atom. The maximum Gasteiger partial charge on any atom is 0.257 e. The Bertz CT molecular complexity index is 1250. The topological polar surface area (TPSA) is 106 Å². The molecule has 1 amide bonds. The van der Waals surface area contributed by atoms with Gasteiger partial charge in [-0.1, -0.05) is 30.3 Å². The number of nitrogens with zero attached hydrogens (tertiary/aromatic N) is 2. The number of anilines is 1. The number of nitrogens with one attached hydrogen (secondary N) is 1. The van der Waals surface area contributed by atoms with Gasteiger partial charge in [-0.25, -0.2) is 13.4 Å². The highest BCUT2D eigenvalue weighted by Crippen LogP contribution is 2.23. The molecule has 1 aliphatic heterocycles. The van der Waals surface area contributed by atoms with Crippen molar-refractivity contribution in [3.8, 4) is 0 Å². The van der Waals surface area contributed by atoms with Gasteiger partial charge in [0.15, 0.2) is 5.13 Å². The minimum atomic E-state index is -3.69. The van der Waals surface area contributed by atoms with Crippen LogP contribution in [0.5, 0.6) is 0 Å². The number of sulfonamides is 1. The Balaban J connectivity index is 1.44. The average Bonchev–Trinajstić information content (AvgIpc) is 3.27. The number of carbonyl (C=O) groups is 2. The number of ketones is 1. The van der Waals surface area contributed by atoms with Crippen molar-refractivity contribution in [2.24, 2.45) is 0 Å². The van der Waals surface area contributed by atoms with Crippen LogP contribution in [0.1, 0.15) is 40.3 Å². The zero-order chi connectivity index (χ0) is 23.6. The molecule has 0 saturated carbocycles. The molecule has 1 saturated heterocycles. The fourth-order valence-electron chi connectivity index (χ4n) is 3.60. The highest BCUT2D eigenvalue weighted by molar-refractivity contribution is 7.89. The molecule has 0 bridgehead atoms. The number of hydrogen-bond donors (Lipinski definition) is 1. The predicted molar refractivity (Wildman–Crippen MR) is 125 cm³/mol. The van der Waals surface area contributed by atoms with Crippen LogP contribution < -0.4 is 5.32 Å². The molecule has 2 aromatic carbocycles. The standard InChI is InChI=1S/C23H23N3O5S2/c1-15-12-26(13-16(2)31-15)33(29,30)19-10-8-18(9-11-19)22(28)25-23-24-20(14-32-23)21(27)17-6-4-3-5-7-17/h3-11,14-16H,12-13H2,1-2H3,(H,24,25,28). The molecule has 2 heterocycles. The largest absolute Gasteiger partial charge is 0.373 e. The van der Waals surface area contributed by atoms with Crippen LogP contribution in [0.3, 0.4) is 0 Å². The van der Waals surface area contributed by atoms with Crippen molar-refractivity contribution < 1.29 is 22.7 Å². The van der Waals surface area contributed by atoms with Crippen molar-refractivity contribution in [2.75, 3.05) is 18.4 Å². The van der Waals surface area contributed by atoms with E-state index >= 15 is 0 Å². The molecule has 2 unspecified atom stereocenters. The molecule has 0 spiro atoms. The smallest absolute Gasteiger partial charge is 0.257 e. The van der Waals surface area contributed by atoms with Crippen LogP contribution >= 0.6 is 11.3 Å². The molecule has 172 valence electrons. The Hall–Kier alpha value is -2.92. The van der Waals surface area contributed by atoms with Gasteiger partial charge in [-0.2, -0.15) is 4.31 Å². The summed E-state index contributed by atoms with van der Waals surface area (Å²) in [5.74, 6) is -0.672. The maximum absolute atomic E-state index is 13.0. The number of aromatic nitrogens is 1. The summed E-state index contributed by atoms with van der Waals surface area (Å²) < 4.78 is 32.9. The van der Waals surface area contributed by atoms with Crippen molar-refractivity contribution in [1.82, 2.24) is 9.29 Å². The van der Waals surface area contributed by atoms with E-state index in [2.05, 4.69) is 10.3 Å². The van der Waals surface area contributed by atoms with E-state index in [1.165, 1.54) is 28.6 Å². The summed E-state index contributed by atoms with van der Waals surface area (Å²) in [5.41, 5.74) is 1.04. The summed E-state index contributed by atoms with van der Waals surface area (Å²) in [5, 5.41) is 4.53. The number of benzene rings is 2. The molecule has 0 radical (unpaired) electrons. The molecule has 33 heavy (non-hydrogen) atoms. The summed E-state index contributed by atoms with van der Waals surface area (Å²) >= 11 is 1.14. The fourth-order valence-corrected chi connectivity index (χ4v) is 5.87. The lowest BCUT2D eigenvalue weighted by atomic mass is 10.1. The second-order valence-electron chi connectivity index (χ2n) is 7.79. The van der Waals surface area contributed by atoms with E-state index in [1.54, 1.807) is 29.6 Å². The van der Waals surface area contributed by atoms with E-state index < -0.39 is 15.9 Å². The maximum atomic E-state index is 13.0. The number of ether oxygens (including phenoxy) is 1. The molecule has 1 aromatic heterocycles. The normalized spacial score (nSPS) is 19.2. The zero-order valence-corrected chi connectivity index (χ0v) is 19.7. The summed E-state index contributed by atoms with van der Waals surface area (Å²) in [6, 6.07) is 14.5. The fraction of sp³-hybridized carbons (Fsp3) is 0.261. The lowest BCUT2D eigenvalue weighted by Crippen LogP contribution is -2.48. The van der Waals surface area contributed by atoms with Gasteiger partial charge in [0.1, 0.15) is 5.69 Å². The molecule has 1 N–H and O–H groups in total. The molecule has 0 aliphatic carbocycles. The van der Waals surface area contributed by atoms with Crippen molar-refractivity contribution in [3.63, 3.8) is 0 Å². The first-order valence-corrected chi connectivity index (χ1v) is 12.7. The first-order chi connectivity index (χ1) is 15.7. The number of rotatable bonds is 6. The van der Waals surface area contributed by atoms with Crippen molar-refractivity contribution in [2.45, 2.75) is 31.0 Å². The first kappa shape index (κ1) is 23.2. The highest BCUT2D eigenvalue weighted by Gasteiger charge is 2.32. The number of carbonyl (C=O) groups excluding carboxylic acids is 2. The minimum absolute atomic E-state index is 0.116. The molecule has 1 fully saturated rings. The second-order valence-corrected chi connectivity index (χ2v) is 10.6. The monoisotopic (exact) mass is 485 g/mol. The number of hydrogen-bond acceptors (Lipinski definition) is 7. The van der Waals surface area contributed by atoms with Gasteiger partial charge < -0.3 is 4.74 Å². The lowest BCUT2D eigenvalue weighted by molar-refractivity contribution is -0.0440. The van der Waals surface area contributed by atoms with Gasteiger partial charge >= 0.3 is 0 Å². The second kappa shape index (κ2) is 9.52. The Morgan fingerprint density at radius 2 is 1.64 bits per heavy atom. The molecule has 8 nitrogen and oxygen atoms in total.